The minimum atomic E-state index is -1.71. The maximum absolute atomic E-state index is 13.9. The van der Waals surface area contributed by atoms with Crippen LogP contribution in [0.4, 0.5) is 0 Å². The molecule has 2 rings (SSSR count). The van der Waals surface area contributed by atoms with Crippen LogP contribution in [0, 0.1) is 0 Å². The van der Waals surface area contributed by atoms with Crippen molar-refractivity contribution in [1.29, 1.82) is 0 Å². The van der Waals surface area contributed by atoms with Crippen LogP contribution in [0.2, 0.25) is 0 Å². The van der Waals surface area contributed by atoms with E-state index in [1.54, 1.807) is 30.3 Å². The number of rotatable bonds is 36. The van der Waals surface area contributed by atoms with Gasteiger partial charge < -0.3 is 96.5 Å². The summed E-state index contributed by atoms with van der Waals surface area (Å²) in [5.41, 5.74) is 22.2. The van der Waals surface area contributed by atoms with Crippen LogP contribution in [0.15, 0.2) is 40.3 Å². The number of aliphatic carboxylic acids is 3. The zero-order valence-corrected chi connectivity index (χ0v) is 42.9. The second kappa shape index (κ2) is 34.8. The van der Waals surface area contributed by atoms with Crippen LogP contribution in [0.25, 0.3) is 0 Å². The largest absolute Gasteiger partial charge is 0.481 e. The number of benzene rings is 1. The normalized spacial score (nSPS) is 15.3. The number of carboxylic acid groups (broad SMARTS) is 3. The summed E-state index contributed by atoms with van der Waals surface area (Å²) >= 11 is 0. The van der Waals surface area contributed by atoms with Gasteiger partial charge in [0.05, 0.1) is 19.2 Å². The highest BCUT2D eigenvalue weighted by Crippen LogP contribution is 2.10. The van der Waals surface area contributed by atoms with E-state index in [1.807, 2.05) is 5.32 Å². The lowest BCUT2D eigenvalue weighted by atomic mass is 10.0. The summed E-state index contributed by atoms with van der Waals surface area (Å²) in [6.45, 7) is -0.814. The highest BCUT2D eigenvalue weighted by molar-refractivity contribution is 5.98. The second-order valence-corrected chi connectivity index (χ2v) is 17.8. The van der Waals surface area contributed by atoms with Crippen LogP contribution in [0.1, 0.15) is 76.7 Å². The third-order valence-corrected chi connectivity index (χ3v) is 11.4. The molecule has 0 spiro atoms. The third-order valence-electron chi connectivity index (χ3n) is 11.4. The van der Waals surface area contributed by atoms with Crippen molar-refractivity contribution >= 4 is 83.0 Å². The molecule has 0 saturated carbocycles. The number of nitrogens with one attached hydrogen (secondary N) is 10. The lowest BCUT2D eigenvalue weighted by Crippen LogP contribution is -2.59. The van der Waals surface area contributed by atoms with Crippen LogP contribution < -0.4 is 76.1 Å². The molecule has 22 N–H and O–H groups in total. The third kappa shape index (κ3) is 26.2. The van der Waals surface area contributed by atoms with E-state index in [1.165, 1.54) is 6.92 Å². The predicted octanol–water partition coefficient (Wildman–Crippen LogP) is -7.46. The number of amides is 9. The fraction of sp³-hybridized carbons (Fsp3) is 0.565. The van der Waals surface area contributed by atoms with Gasteiger partial charge in [0, 0.05) is 32.4 Å². The molecule has 0 bridgehead atoms. The minimum absolute atomic E-state index is 0.00582. The molecule has 0 aromatic heterocycles. The average molecular weight is 1110 g/mol. The number of nitrogens with zero attached hydrogens (tertiary/aromatic N) is 2. The molecule has 1 heterocycles. The molecule has 78 heavy (non-hydrogen) atoms. The molecule has 1 fully saturated rings. The first-order valence-corrected chi connectivity index (χ1v) is 24.7. The van der Waals surface area contributed by atoms with Crippen LogP contribution in [0.5, 0.6) is 0 Å². The summed E-state index contributed by atoms with van der Waals surface area (Å²) in [7, 11) is 0. The Labute approximate surface area is 447 Å². The van der Waals surface area contributed by atoms with E-state index in [-0.39, 0.29) is 57.1 Å². The summed E-state index contributed by atoms with van der Waals surface area (Å²) in [6.07, 6.45) is -1.12. The lowest BCUT2D eigenvalue weighted by Gasteiger charge is -2.26. The summed E-state index contributed by atoms with van der Waals surface area (Å²) in [5, 5.41) is 61.6. The first-order valence-electron chi connectivity index (χ1n) is 24.7. The smallest absolute Gasteiger partial charge is 0.322 e. The van der Waals surface area contributed by atoms with Crippen molar-refractivity contribution in [1.82, 2.24) is 53.2 Å². The first kappa shape index (κ1) is 65.4. The zero-order valence-electron chi connectivity index (χ0n) is 42.9. The molecule has 0 radical (unpaired) electrons. The van der Waals surface area contributed by atoms with E-state index >= 15 is 0 Å². The molecule has 8 atom stereocenters. The molecule has 1 aliphatic rings. The molecule has 1 aromatic rings. The zero-order chi connectivity index (χ0) is 58.3. The predicted molar refractivity (Wildman–Crippen MR) is 275 cm³/mol. The van der Waals surface area contributed by atoms with Gasteiger partial charge in [0.15, 0.2) is 11.9 Å². The first-order chi connectivity index (χ1) is 36.9. The standard InChI is InChI=1S/C46H72N16O16/c1-24(37(71)61-31(20-25-8-3-2-4-9-25)44(78)60-30(14-16-35(67)68)43(77)62-32(23-63)39(73)55-22-36(69)70)56-33(64)21-54-38(72)29(13-15-34(65)66)59-42(76)28(12-7-19-53-46(49)50)58-41(75)27(11-6-18-52-45(47)48)57-40(74)26-10-5-17-51-26/h2-4,8-9,24,26-32,51,63H,5-7,10-23H2,1H3,(H,54,72)(H,55,73)(H,56,64)(H,57,74)(H,58,75)(H,59,76)(H,60,78)(H,61,71)(H,62,77)(H,65,66)(H,67,68)(H,69,70)(H4,47,48,52)(H4,49,50,53)/t24-,26-,27-,28-,29-,30-,31-,32-/m0/s1. The van der Waals surface area contributed by atoms with Crippen LogP contribution in [-0.2, 0) is 64.0 Å². The van der Waals surface area contributed by atoms with Crippen molar-refractivity contribution in [2.45, 2.75) is 126 Å². The average Bonchev–Trinajstić information content (AvgIpc) is 3.93. The van der Waals surface area contributed by atoms with E-state index in [0.717, 1.165) is 6.42 Å². The van der Waals surface area contributed by atoms with Crippen LogP contribution in [0.3, 0.4) is 0 Å². The van der Waals surface area contributed by atoms with Crippen LogP contribution in [-0.4, -0.2) is 191 Å². The maximum atomic E-state index is 13.9. The van der Waals surface area contributed by atoms with E-state index in [2.05, 4.69) is 57.8 Å². The maximum Gasteiger partial charge on any atom is 0.322 e. The van der Waals surface area contributed by atoms with Crippen molar-refractivity contribution in [3.05, 3.63) is 35.9 Å². The van der Waals surface area contributed by atoms with Gasteiger partial charge in [0.25, 0.3) is 0 Å². The number of carboxylic acids is 3. The summed E-state index contributed by atoms with van der Waals surface area (Å²) < 4.78 is 0. The summed E-state index contributed by atoms with van der Waals surface area (Å²) in [6, 6.07) is -3.04. The Morgan fingerprint density at radius 3 is 1.49 bits per heavy atom. The molecule has 1 aliphatic heterocycles. The Kier molecular flexibility index (Phi) is 29.2. The van der Waals surface area contributed by atoms with Crippen molar-refractivity contribution in [3.63, 3.8) is 0 Å². The van der Waals surface area contributed by atoms with Gasteiger partial charge in [-0.05, 0) is 70.4 Å². The van der Waals surface area contributed by atoms with E-state index in [4.69, 9.17) is 28.0 Å². The van der Waals surface area contributed by atoms with E-state index in [9.17, 15) is 72.9 Å². The Balaban J connectivity index is 2.26. The number of carbonyl (C=O) groups is 12. The van der Waals surface area contributed by atoms with Gasteiger partial charge in [-0.1, -0.05) is 30.3 Å². The van der Waals surface area contributed by atoms with Gasteiger partial charge in [0.1, 0.15) is 48.8 Å². The Bertz CT molecular complexity index is 2310. The molecule has 32 nitrogen and oxygen atoms in total. The molecule has 0 aliphatic carbocycles. The molecule has 1 aromatic carbocycles. The van der Waals surface area contributed by atoms with Crippen molar-refractivity contribution in [3.8, 4) is 0 Å². The van der Waals surface area contributed by atoms with Crippen molar-refractivity contribution < 1.29 is 78.0 Å². The van der Waals surface area contributed by atoms with Crippen molar-refractivity contribution in [2.24, 2.45) is 32.9 Å². The Hall–Kier alpha value is -8.68. The molecule has 9 amide bonds. The van der Waals surface area contributed by atoms with Gasteiger partial charge in [-0.3, -0.25) is 67.5 Å². The van der Waals surface area contributed by atoms with Gasteiger partial charge in [0.2, 0.25) is 53.2 Å². The summed E-state index contributed by atoms with van der Waals surface area (Å²) in [5.74, 6) is -13.1. The Morgan fingerprint density at radius 1 is 0.564 bits per heavy atom. The molecule has 0 unspecified atom stereocenters. The topological polar surface area (TPSA) is 535 Å². The molecule has 1 saturated heterocycles. The van der Waals surface area contributed by atoms with Gasteiger partial charge in [-0.2, -0.15) is 0 Å². The van der Waals surface area contributed by atoms with E-state index < -0.39 is 165 Å². The number of aliphatic imine (C=N–C) groups is 2. The fourth-order valence-electron chi connectivity index (χ4n) is 7.37. The van der Waals surface area contributed by atoms with Gasteiger partial charge in [-0.15, -0.1) is 0 Å². The summed E-state index contributed by atoms with van der Waals surface area (Å²) in [4.78, 5) is 162. The van der Waals surface area contributed by atoms with Gasteiger partial charge >= 0.3 is 17.9 Å². The minimum Gasteiger partial charge on any atom is -0.481 e. The monoisotopic (exact) mass is 1100 g/mol. The van der Waals surface area contributed by atoms with Crippen LogP contribution >= 0.6 is 0 Å². The number of aliphatic hydroxyl groups excluding tert-OH is 1. The number of carbonyl (C=O) groups excluding carboxylic acids is 9. The quantitative estimate of drug-likeness (QED) is 0.0169. The SMILES string of the molecule is C[C@H](NC(=O)CNC(=O)[C@H](CCC(=O)O)NC(=O)[C@H](CCCN=C(N)N)NC(=O)[C@H](CCCN=C(N)N)NC(=O)[C@@H]1CCCN1)C(=O)N[C@@H](Cc1ccccc1)C(=O)N[C@@H](CCC(=O)O)C(=O)N[C@@H](CO)C(=O)NCC(=O)O. The van der Waals surface area contributed by atoms with Gasteiger partial charge in [-0.25, -0.2) is 0 Å². The fourth-order valence-corrected chi connectivity index (χ4v) is 7.37. The molecular weight excluding hydrogens is 1030 g/mol. The highest BCUT2D eigenvalue weighted by atomic mass is 16.4. The highest BCUT2D eigenvalue weighted by Gasteiger charge is 2.34. The Morgan fingerprint density at radius 2 is 1.01 bits per heavy atom. The number of guanidine groups is 2. The number of hydrogen-bond donors (Lipinski definition) is 18. The second-order valence-electron chi connectivity index (χ2n) is 17.8. The van der Waals surface area contributed by atoms with E-state index in [0.29, 0.717) is 18.5 Å². The molecule has 32 heteroatoms. The lowest BCUT2D eigenvalue weighted by molar-refractivity contribution is -0.139. The number of aliphatic hydroxyl groups is 1. The number of nitrogens with two attached hydrogens (primary N) is 4. The molecule has 432 valence electrons. The number of hydrogen-bond acceptors (Lipinski definition) is 16. The van der Waals surface area contributed by atoms with Crippen molar-refractivity contribution in [2.75, 3.05) is 39.3 Å². The molecular formula is C46H72N16O16.